The van der Waals surface area contributed by atoms with Gasteiger partial charge in [-0.1, -0.05) is 212 Å². The molecule has 0 saturated carbocycles. The number of para-hydroxylation sites is 5. The highest BCUT2D eigenvalue weighted by atomic mass is 28.3. The summed E-state index contributed by atoms with van der Waals surface area (Å²) >= 11 is 0. The first kappa shape index (κ1) is 39.9. The first-order valence-corrected chi connectivity index (χ1v) is 25.8. The number of hydrogen-bond acceptors (Lipinski definition) is 3. The van der Waals surface area contributed by atoms with Crippen molar-refractivity contribution >= 4 is 94.2 Å². The highest BCUT2D eigenvalue weighted by Gasteiger charge is 2.41. The van der Waals surface area contributed by atoms with Crippen LogP contribution in [0.1, 0.15) is 0 Å². The van der Waals surface area contributed by atoms with Crippen molar-refractivity contribution < 1.29 is 0 Å². The molecule has 4 aromatic heterocycles. The standard InChI is InChI=1S/C63H42N6Si/c1-5-23-44(24-6-1)67-57-39-20-16-35-53(57)59-58(67)41-40-52-51-34-15-19-38-56(51)69(60(52)59)63-65-61(64-62(66-63)68-54-36-17-13-32-49(54)50-33-14-18-37-55(50)68)43-22-21-31-48(42-43)70(45-25-7-2-8-26-45,46-27-9-3-10-28-46)47-29-11-4-12-30-47/h1-42H. The van der Waals surface area contributed by atoms with E-state index in [0.717, 1.165) is 76.7 Å². The van der Waals surface area contributed by atoms with Crippen molar-refractivity contribution in [2.75, 3.05) is 0 Å². The van der Waals surface area contributed by atoms with Gasteiger partial charge < -0.3 is 4.57 Å². The predicted octanol–water partition coefficient (Wildman–Crippen LogP) is 12.2. The lowest BCUT2D eigenvalue weighted by Gasteiger charge is -2.34. The molecule has 328 valence electrons. The van der Waals surface area contributed by atoms with Crippen LogP contribution in [0.25, 0.3) is 94.4 Å². The third-order valence-electron chi connectivity index (χ3n) is 14.3. The van der Waals surface area contributed by atoms with E-state index in [1.807, 2.05) is 0 Å². The number of rotatable bonds is 8. The summed E-state index contributed by atoms with van der Waals surface area (Å²) in [5.74, 6) is 1.68. The summed E-state index contributed by atoms with van der Waals surface area (Å²) in [6, 6.07) is 91.9. The van der Waals surface area contributed by atoms with E-state index >= 15 is 0 Å². The third-order valence-corrected chi connectivity index (χ3v) is 19.0. The molecule has 0 N–H and O–H groups in total. The molecule has 70 heavy (non-hydrogen) atoms. The Bertz CT molecular complexity index is 4140. The Morgan fingerprint density at radius 1 is 0.286 bits per heavy atom. The highest BCUT2D eigenvalue weighted by Crippen LogP contribution is 2.42. The Kier molecular flexibility index (Phi) is 9.12. The molecule has 10 aromatic carbocycles. The van der Waals surface area contributed by atoms with E-state index in [1.54, 1.807) is 0 Å². The summed E-state index contributed by atoms with van der Waals surface area (Å²) in [5.41, 5.74) is 8.38. The second kappa shape index (κ2) is 16.0. The first-order chi connectivity index (χ1) is 34.8. The van der Waals surface area contributed by atoms with Crippen molar-refractivity contribution in [3.63, 3.8) is 0 Å². The normalized spacial score (nSPS) is 12.0. The van der Waals surface area contributed by atoms with Gasteiger partial charge in [0.1, 0.15) is 0 Å². The molecule has 6 nitrogen and oxygen atoms in total. The van der Waals surface area contributed by atoms with Gasteiger partial charge in [0.15, 0.2) is 13.9 Å². The van der Waals surface area contributed by atoms with Gasteiger partial charge in [-0.15, -0.1) is 0 Å². The molecule has 14 aromatic rings. The van der Waals surface area contributed by atoms with Crippen molar-refractivity contribution in [2.24, 2.45) is 0 Å². The lowest BCUT2D eigenvalue weighted by Crippen LogP contribution is -2.74. The van der Waals surface area contributed by atoms with Crippen LogP contribution < -0.4 is 20.7 Å². The molecule has 14 rings (SSSR count). The lowest BCUT2D eigenvalue weighted by molar-refractivity contribution is 0.894. The summed E-state index contributed by atoms with van der Waals surface area (Å²) in [4.78, 5) is 16.8. The molecule has 7 heteroatoms. The Labute approximate surface area is 404 Å². The van der Waals surface area contributed by atoms with E-state index < -0.39 is 8.07 Å². The third kappa shape index (κ3) is 5.95. The molecule has 0 unspecified atom stereocenters. The Balaban J connectivity index is 1.11. The fourth-order valence-corrected chi connectivity index (χ4v) is 16.1. The van der Waals surface area contributed by atoms with Crippen molar-refractivity contribution in [2.45, 2.75) is 0 Å². The van der Waals surface area contributed by atoms with Crippen molar-refractivity contribution in [1.82, 2.24) is 28.7 Å². The molecule has 0 saturated heterocycles. The van der Waals surface area contributed by atoms with Crippen molar-refractivity contribution in [3.05, 3.63) is 255 Å². The smallest absolute Gasteiger partial charge is 0.240 e. The maximum Gasteiger partial charge on any atom is 0.240 e. The van der Waals surface area contributed by atoms with Gasteiger partial charge in [-0.05, 0) is 63.2 Å². The van der Waals surface area contributed by atoms with Crippen LogP contribution in [0.2, 0.25) is 0 Å². The number of hydrogen-bond donors (Lipinski definition) is 0. The molecule has 4 heterocycles. The number of benzene rings is 10. The number of nitrogens with zero attached hydrogens (tertiary/aromatic N) is 6. The van der Waals surface area contributed by atoms with Crippen LogP contribution in [0.4, 0.5) is 0 Å². The van der Waals surface area contributed by atoms with Crippen LogP contribution in [-0.2, 0) is 0 Å². The SMILES string of the molecule is c1ccc(-n2c3ccccc3c3c2ccc2c4ccccc4n(-c4nc(-c5cccc([Si](c6ccccc6)(c6ccccc6)c6ccccc6)c5)nc(-n5c6ccccc6c6ccccc65)n4)c23)cc1. The lowest BCUT2D eigenvalue weighted by atomic mass is 10.1. The van der Waals surface area contributed by atoms with Gasteiger partial charge in [0.25, 0.3) is 0 Å². The second-order valence-corrected chi connectivity index (χ2v) is 21.8. The molecular formula is C63H42N6Si. The molecule has 0 spiro atoms. The van der Waals surface area contributed by atoms with Crippen LogP contribution in [-0.4, -0.2) is 36.7 Å². The molecule has 0 aliphatic heterocycles. The van der Waals surface area contributed by atoms with E-state index in [4.69, 9.17) is 15.0 Å². The summed E-state index contributed by atoms with van der Waals surface area (Å²) in [6.07, 6.45) is 0. The molecule has 0 bridgehead atoms. The summed E-state index contributed by atoms with van der Waals surface area (Å²) in [5, 5.41) is 12.0. The Hall–Kier alpha value is -9.17. The molecule has 0 fully saturated rings. The topological polar surface area (TPSA) is 53.5 Å². The minimum Gasteiger partial charge on any atom is -0.309 e. The quantitative estimate of drug-likeness (QED) is 0.113. The van der Waals surface area contributed by atoms with E-state index in [2.05, 4.69) is 268 Å². The molecule has 0 aliphatic carbocycles. The summed E-state index contributed by atoms with van der Waals surface area (Å²) in [6.45, 7) is 0. The zero-order chi connectivity index (χ0) is 46.2. The van der Waals surface area contributed by atoms with Gasteiger partial charge >= 0.3 is 0 Å². The maximum atomic E-state index is 5.65. The number of fused-ring (bicyclic) bond motifs is 10. The zero-order valence-electron chi connectivity index (χ0n) is 37.9. The average molecular weight is 911 g/mol. The molecular weight excluding hydrogens is 869 g/mol. The first-order valence-electron chi connectivity index (χ1n) is 23.8. The van der Waals surface area contributed by atoms with E-state index in [9.17, 15) is 0 Å². The summed E-state index contributed by atoms with van der Waals surface area (Å²) < 4.78 is 6.88. The van der Waals surface area contributed by atoms with Crippen LogP contribution in [0.15, 0.2) is 255 Å². The Morgan fingerprint density at radius 3 is 1.27 bits per heavy atom. The second-order valence-electron chi connectivity index (χ2n) is 18.0. The van der Waals surface area contributed by atoms with E-state index in [1.165, 1.54) is 20.7 Å². The average Bonchev–Trinajstić information content (AvgIpc) is 4.08. The van der Waals surface area contributed by atoms with E-state index in [0.29, 0.717) is 17.7 Å². The minimum absolute atomic E-state index is 0.542. The molecule has 0 radical (unpaired) electrons. The fraction of sp³-hybridized carbons (Fsp3) is 0. The van der Waals surface area contributed by atoms with Crippen molar-refractivity contribution in [1.29, 1.82) is 0 Å². The monoisotopic (exact) mass is 910 g/mol. The van der Waals surface area contributed by atoms with Gasteiger partial charge in [0, 0.05) is 43.6 Å². The maximum absolute atomic E-state index is 5.65. The molecule has 0 amide bonds. The summed E-state index contributed by atoms with van der Waals surface area (Å²) in [7, 11) is -2.91. The zero-order valence-corrected chi connectivity index (χ0v) is 38.9. The highest BCUT2D eigenvalue weighted by molar-refractivity contribution is 7.19. The van der Waals surface area contributed by atoms with Crippen LogP contribution in [0.3, 0.4) is 0 Å². The van der Waals surface area contributed by atoms with Crippen LogP contribution >= 0.6 is 0 Å². The van der Waals surface area contributed by atoms with Gasteiger partial charge in [-0.25, -0.2) is 0 Å². The fourth-order valence-electron chi connectivity index (χ4n) is 11.3. The van der Waals surface area contributed by atoms with Crippen LogP contribution in [0, 0.1) is 0 Å². The predicted molar refractivity (Wildman–Crippen MR) is 292 cm³/mol. The van der Waals surface area contributed by atoms with Gasteiger partial charge in [-0.3, -0.25) is 9.13 Å². The van der Waals surface area contributed by atoms with Gasteiger partial charge in [0.2, 0.25) is 11.9 Å². The van der Waals surface area contributed by atoms with Gasteiger partial charge in [-0.2, -0.15) is 15.0 Å². The largest absolute Gasteiger partial charge is 0.309 e. The molecule has 0 atom stereocenters. The van der Waals surface area contributed by atoms with E-state index in [-0.39, 0.29) is 0 Å². The number of aromatic nitrogens is 6. The van der Waals surface area contributed by atoms with Gasteiger partial charge in [0.05, 0.1) is 33.1 Å². The van der Waals surface area contributed by atoms with Crippen molar-refractivity contribution in [3.8, 4) is 29.0 Å². The Morgan fingerprint density at radius 2 is 0.714 bits per heavy atom. The minimum atomic E-state index is -2.91. The van der Waals surface area contributed by atoms with Crippen LogP contribution in [0.5, 0.6) is 0 Å². The molecule has 0 aliphatic rings.